The van der Waals surface area contributed by atoms with Crippen molar-refractivity contribution in [2.45, 2.75) is 12.5 Å². The molecular formula is C25H20BrClN2O5. The summed E-state index contributed by atoms with van der Waals surface area (Å²) in [5.74, 6) is -0.755. The minimum atomic E-state index is -1.16. The summed E-state index contributed by atoms with van der Waals surface area (Å²) in [7, 11) is 3.01. The zero-order chi connectivity index (χ0) is 24.8. The molecule has 0 aliphatic heterocycles. The number of rotatable bonds is 8. The first-order valence-electron chi connectivity index (χ1n) is 10.0. The zero-order valence-corrected chi connectivity index (χ0v) is 20.6. The fourth-order valence-corrected chi connectivity index (χ4v) is 4.01. The van der Waals surface area contributed by atoms with Crippen LogP contribution in [-0.2, 0) is 11.2 Å². The average molecular weight is 544 g/mol. The van der Waals surface area contributed by atoms with E-state index in [1.54, 1.807) is 48.5 Å². The van der Waals surface area contributed by atoms with E-state index in [-0.39, 0.29) is 12.0 Å². The number of ether oxygens (including phenoxy) is 2. The lowest BCUT2D eigenvalue weighted by molar-refractivity contribution is -0.139. The number of nitriles is 1. The molecule has 174 valence electrons. The Balaban J connectivity index is 1.84. The molecule has 0 saturated heterocycles. The maximum Gasteiger partial charge on any atom is 0.326 e. The number of benzene rings is 3. The Morgan fingerprint density at radius 2 is 1.71 bits per heavy atom. The topological polar surface area (TPSA) is 109 Å². The molecule has 0 radical (unpaired) electrons. The van der Waals surface area contributed by atoms with Crippen LogP contribution in [0.2, 0.25) is 5.02 Å². The van der Waals surface area contributed by atoms with Crippen LogP contribution in [0, 0.1) is 11.3 Å². The van der Waals surface area contributed by atoms with Crippen LogP contribution >= 0.6 is 27.5 Å². The lowest BCUT2D eigenvalue weighted by Gasteiger charge is -2.17. The van der Waals surface area contributed by atoms with Gasteiger partial charge in [-0.15, -0.1) is 0 Å². The van der Waals surface area contributed by atoms with Crippen molar-refractivity contribution in [2.75, 3.05) is 14.2 Å². The highest BCUT2D eigenvalue weighted by Crippen LogP contribution is 2.39. The summed E-state index contributed by atoms with van der Waals surface area (Å²) in [6, 6.07) is 16.0. The second kappa shape index (κ2) is 11.1. The first-order valence-corrected chi connectivity index (χ1v) is 11.2. The fourth-order valence-electron chi connectivity index (χ4n) is 3.41. The van der Waals surface area contributed by atoms with Gasteiger partial charge in [0.2, 0.25) is 0 Å². The molecule has 3 aromatic carbocycles. The summed E-state index contributed by atoms with van der Waals surface area (Å²) >= 11 is 9.25. The van der Waals surface area contributed by atoms with Crippen molar-refractivity contribution in [3.05, 3.63) is 80.8 Å². The SMILES string of the molecule is COc1cc(C#N)cc(OC)c1-c1ccc(C[C@H](NC(=O)c2cc(Cl)ccc2Br)C(=O)O)cc1. The highest BCUT2D eigenvalue weighted by Gasteiger charge is 2.23. The molecule has 1 amide bonds. The molecule has 0 spiro atoms. The van der Waals surface area contributed by atoms with Gasteiger partial charge >= 0.3 is 5.97 Å². The number of carbonyl (C=O) groups excluding carboxylic acids is 1. The Hall–Kier alpha value is -3.54. The number of carbonyl (C=O) groups is 2. The van der Waals surface area contributed by atoms with E-state index in [1.807, 2.05) is 0 Å². The van der Waals surface area contributed by atoms with Gasteiger partial charge in [0.1, 0.15) is 17.5 Å². The van der Waals surface area contributed by atoms with Crippen molar-refractivity contribution >= 4 is 39.4 Å². The number of aliphatic carboxylic acids is 1. The Kier molecular flexibility index (Phi) is 8.16. The molecule has 0 aliphatic rings. The minimum absolute atomic E-state index is 0.0706. The fraction of sp³-hybridized carbons (Fsp3) is 0.160. The van der Waals surface area contributed by atoms with Gasteiger partial charge in [-0.2, -0.15) is 5.26 Å². The van der Waals surface area contributed by atoms with Gasteiger partial charge < -0.3 is 19.9 Å². The van der Waals surface area contributed by atoms with E-state index in [0.29, 0.717) is 37.7 Å². The number of carboxylic acid groups (broad SMARTS) is 1. The lowest BCUT2D eigenvalue weighted by Crippen LogP contribution is -2.42. The Bertz CT molecular complexity index is 1250. The first kappa shape index (κ1) is 25.1. The van der Waals surface area contributed by atoms with Gasteiger partial charge in [0, 0.05) is 15.9 Å². The summed E-state index contributed by atoms with van der Waals surface area (Å²) in [5.41, 5.74) is 2.79. The van der Waals surface area contributed by atoms with Crippen LogP contribution in [0.25, 0.3) is 11.1 Å². The van der Waals surface area contributed by atoms with E-state index in [2.05, 4.69) is 27.3 Å². The van der Waals surface area contributed by atoms with E-state index < -0.39 is 17.9 Å². The van der Waals surface area contributed by atoms with Gasteiger partial charge in [0.25, 0.3) is 5.91 Å². The number of nitrogens with zero attached hydrogens (tertiary/aromatic N) is 1. The second-order valence-electron chi connectivity index (χ2n) is 7.26. The third kappa shape index (κ3) is 5.68. The molecule has 1 atom stereocenters. The molecule has 0 saturated carbocycles. The number of hydrogen-bond donors (Lipinski definition) is 2. The van der Waals surface area contributed by atoms with E-state index >= 15 is 0 Å². The molecule has 2 N–H and O–H groups in total. The highest BCUT2D eigenvalue weighted by atomic mass is 79.9. The number of halogens is 2. The molecule has 0 aromatic heterocycles. The Labute approximate surface area is 210 Å². The quantitative estimate of drug-likeness (QED) is 0.410. The minimum Gasteiger partial charge on any atom is -0.496 e. The maximum absolute atomic E-state index is 12.6. The van der Waals surface area contributed by atoms with Crippen LogP contribution in [-0.4, -0.2) is 37.2 Å². The average Bonchev–Trinajstić information content (AvgIpc) is 2.84. The van der Waals surface area contributed by atoms with Gasteiger partial charge in [0.05, 0.1) is 37.0 Å². The third-order valence-electron chi connectivity index (χ3n) is 5.09. The largest absolute Gasteiger partial charge is 0.496 e. The van der Waals surface area contributed by atoms with E-state index in [9.17, 15) is 20.0 Å². The van der Waals surface area contributed by atoms with Crippen LogP contribution in [0.4, 0.5) is 0 Å². The van der Waals surface area contributed by atoms with Crippen molar-refractivity contribution in [2.24, 2.45) is 0 Å². The molecule has 0 fully saturated rings. The summed E-state index contributed by atoms with van der Waals surface area (Å²) in [5, 5.41) is 21.8. The number of amides is 1. The predicted molar refractivity (Wildman–Crippen MR) is 131 cm³/mol. The van der Waals surface area contributed by atoms with Gasteiger partial charge in [-0.3, -0.25) is 4.79 Å². The molecule has 3 rings (SSSR count). The molecule has 0 heterocycles. The van der Waals surface area contributed by atoms with Crippen LogP contribution in [0.1, 0.15) is 21.5 Å². The van der Waals surface area contributed by atoms with Gasteiger partial charge in [0.15, 0.2) is 0 Å². The van der Waals surface area contributed by atoms with Crippen molar-refractivity contribution in [3.8, 4) is 28.7 Å². The molecule has 0 aliphatic carbocycles. The van der Waals surface area contributed by atoms with Crippen molar-refractivity contribution in [1.82, 2.24) is 5.32 Å². The van der Waals surface area contributed by atoms with E-state index in [0.717, 1.165) is 5.56 Å². The van der Waals surface area contributed by atoms with Gasteiger partial charge in [-0.05, 0) is 57.4 Å². The standard InChI is InChI=1S/C25H20BrClN2O5/c1-33-21-10-15(13-28)11-22(34-2)23(21)16-5-3-14(4-6-16)9-20(25(31)32)29-24(30)18-12-17(27)7-8-19(18)26/h3-8,10-12,20H,9H2,1-2H3,(H,29,30)(H,31,32)/t20-/m0/s1. The van der Waals surface area contributed by atoms with Crippen LogP contribution in [0.3, 0.4) is 0 Å². The zero-order valence-electron chi connectivity index (χ0n) is 18.3. The summed E-state index contributed by atoms with van der Waals surface area (Å²) < 4.78 is 11.4. The van der Waals surface area contributed by atoms with Crippen LogP contribution in [0.5, 0.6) is 11.5 Å². The summed E-state index contributed by atoms with van der Waals surface area (Å²) in [6.07, 6.45) is 0.0706. The smallest absolute Gasteiger partial charge is 0.326 e. The van der Waals surface area contributed by atoms with Gasteiger partial charge in [-0.1, -0.05) is 35.9 Å². The molecule has 7 nitrogen and oxygen atoms in total. The van der Waals surface area contributed by atoms with Crippen molar-refractivity contribution < 1.29 is 24.2 Å². The summed E-state index contributed by atoms with van der Waals surface area (Å²) in [6.45, 7) is 0. The molecule has 0 bridgehead atoms. The number of carboxylic acids is 1. The van der Waals surface area contributed by atoms with Crippen LogP contribution in [0.15, 0.2) is 59.1 Å². The molecular weight excluding hydrogens is 524 g/mol. The van der Waals surface area contributed by atoms with Crippen LogP contribution < -0.4 is 14.8 Å². The predicted octanol–water partition coefficient (Wildman–Crippen LogP) is 5.08. The number of methoxy groups -OCH3 is 2. The molecule has 0 unspecified atom stereocenters. The van der Waals surface area contributed by atoms with E-state index in [4.69, 9.17) is 21.1 Å². The monoisotopic (exact) mass is 542 g/mol. The summed E-state index contributed by atoms with van der Waals surface area (Å²) in [4.78, 5) is 24.5. The normalized spacial score (nSPS) is 11.3. The molecule has 3 aromatic rings. The van der Waals surface area contributed by atoms with Crippen molar-refractivity contribution in [3.63, 3.8) is 0 Å². The molecule has 9 heteroatoms. The number of hydrogen-bond acceptors (Lipinski definition) is 5. The Morgan fingerprint density at radius 1 is 1.09 bits per heavy atom. The van der Waals surface area contributed by atoms with Crippen molar-refractivity contribution in [1.29, 1.82) is 5.26 Å². The molecule has 34 heavy (non-hydrogen) atoms. The first-order chi connectivity index (χ1) is 16.3. The maximum atomic E-state index is 12.6. The Morgan fingerprint density at radius 3 is 2.24 bits per heavy atom. The lowest BCUT2D eigenvalue weighted by atomic mass is 9.98. The van der Waals surface area contributed by atoms with E-state index in [1.165, 1.54) is 20.3 Å². The second-order valence-corrected chi connectivity index (χ2v) is 8.55. The third-order valence-corrected chi connectivity index (χ3v) is 6.02. The number of nitrogens with one attached hydrogen (secondary N) is 1. The highest BCUT2D eigenvalue weighted by molar-refractivity contribution is 9.10. The van der Waals surface area contributed by atoms with Gasteiger partial charge in [-0.25, -0.2) is 4.79 Å².